The number of fused-ring (bicyclic) bond motifs is 1. The third-order valence-corrected chi connectivity index (χ3v) is 4.54. The van der Waals surface area contributed by atoms with Crippen LogP contribution in [0.15, 0.2) is 57.7 Å². The van der Waals surface area contributed by atoms with Crippen LogP contribution in [-0.2, 0) is 17.9 Å². The normalized spacial score (nSPS) is 11.2. The molecule has 1 heterocycles. The smallest absolute Gasteiger partial charge is 0.336 e. The maximum atomic E-state index is 12.0. The summed E-state index contributed by atoms with van der Waals surface area (Å²) >= 11 is 0. The van der Waals surface area contributed by atoms with E-state index in [1.165, 1.54) is 6.07 Å². The molecule has 0 saturated carbocycles. The summed E-state index contributed by atoms with van der Waals surface area (Å²) in [6.45, 7) is 3.25. The predicted octanol–water partition coefficient (Wildman–Crippen LogP) is 2.68. The Bertz CT molecular complexity index is 1010. The zero-order valence-electron chi connectivity index (χ0n) is 15.1. The van der Waals surface area contributed by atoms with E-state index in [4.69, 9.17) is 10.2 Å². The van der Waals surface area contributed by atoms with Gasteiger partial charge in [0.1, 0.15) is 11.3 Å². The Hall–Kier alpha value is -3.12. The van der Waals surface area contributed by atoms with Crippen molar-refractivity contribution >= 4 is 16.9 Å². The molecule has 6 nitrogen and oxygen atoms in total. The van der Waals surface area contributed by atoms with Crippen LogP contribution in [0.5, 0.6) is 5.75 Å². The summed E-state index contributed by atoms with van der Waals surface area (Å²) in [6.07, 6.45) is 0.228. The molecular weight excluding hydrogens is 344 g/mol. The number of aromatic hydroxyl groups is 1. The number of rotatable bonds is 7. The SMILES string of the molecule is Cc1c(O)ccc2c(CN(CCC(N)=O)Cc3ccccc3)cc(=O)oc12. The number of benzene rings is 2. The van der Waals surface area contributed by atoms with Crippen LogP contribution in [0.3, 0.4) is 0 Å². The van der Waals surface area contributed by atoms with Crippen molar-refractivity contribution in [2.24, 2.45) is 5.73 Å². The first-order chi connectivity index (χ1) is 12.9. The molecule has 0 atom stereocenters. The van der Waals surface area contributed by atoms with Gasteiger partial charge in [0, 0.05) is 43.1 Å². The zero-order valence-corrected chi connectivity index (χ0v) is 15.1. The maximum Gasteiger partial charge on any atom is 0.336 e. The fourth-order valence-corrected chi connectivity index (χ4v) is 3.11. The largest absolute Gasteiger partial charge is 0.508 e. The number of carbonyl (C=O) groups excluding carboxylic acids is 1. The van der Waals surface area contributed by atoms with Crippen LogP contribution in [-0.4, -0.2) is 22.5 Å². The van der Waals surface area contributed by atoms with Crippen molar-refractivity contribution in [3.63, 3.8) is 0 Å². The molecular formula is C21H22N2O4. The van der Waals surface area contributed by atoms with Crippen molar-refractivity contribution < 1.29 is 14.3 Å². The predicted molar refractivity (Wildman–Crippen MR) is 103 cm³/mol. The minimum Gasteiger partial charge on any atom is -0.508 e. The summed E-state index contributed by atoms with van der Waals surface area (Å²) in [5.41, 5.74) is 7.64. The quantitative estimate of drug-likeness (QED) is 0.627. The molecule has 0 radical (unpaired) electrons. The lowest BCUT2D eigenvalue weighted by Crippen LogP contribution is -2.28. The van der Waals surface area contributed by atoms with Gasteiger partial charge in [0.15, 0.2) is 0 Å². The van der Waals surface area contributed by atoms with Crippen molar-refractivity contribution in [3.8, 4) is 5.75 Å². The highest BCUT2D eigenvalue weighted by Gasteiger charge is 2.15. The third-order valence-electron chi connectivity index (χ3n) is 4.54. The van der Waals surface area contributed by atoms with Crippen molar-refractivity contribution in [1.29, 1.82) is 0 Å². The lowest BCUT2D eigenvalue weighted by atomic mass is 10.1. The number of amides is 1. The minimum absolute atomic E-state index is 0.0812. The Kier molecular flexibility index (Phi) is 5.57. The topological polar surface area (TPSA) is 96.8 Å². The number of hydrogen-bond acceptors (Lipinski definition) is 5. The van der Waals surface area contributed by atoms with Gasteiger partial charge in [-0.05, 0) is 30.2 Å². The molecule has 3 rings (SSSR count). The molecule has 0 spiro atoms. The van der Waals surface area contributed by atoms with E-state index in [0.717, 1.165) is 16.5 Å². The van der Waals surface area contributed by atoms with E-state index >= 15 is 0 Å². The average Bonchev–Trinajstić information content (AvgIpc) is 2.64. The highest BCUT2D eigenvalue weighted by Crippen LogP contribution is 2.28. The molecule has 0 saturated heterocycles. The lowest BCUT2D eigenvalue weighted by Gasteiger charge is -2.22. The summed E-state index contributed by atoms with van der Waals surface area (Å²) < 4.78 is 5.30. The second-order valence-corrected chi connectivity index (χ2v) is 6.59. The van der Waals surface area contributed by atoms with E-state index in [1.807, 2.05) is 30.3 Å². The van der Waals surface area contributed by atoms with Crippen molar-refractivity contribution in [1.82, 2.24) is 4.90 Å². The van der Waals surface area contributed by atoms with Gasteiger partial charge in [-0.15, -0.1) is 0 Å². The number of carbonyl (C=O) groups is 1. The Morgan fingerprint density at radius 2 is 1.89 bits per heavy atom. The summed E-state index contributed by atoms with van der Waals surface area (Å²) in [5.74, 6) is -0.288. The maximum absolute atomic E-state index is 12.0. The molecule has 3 aromatic rings. The van der Waals surface area contributed by atoms with E-state index in [0.29, 0.717) is 30.8 Å². The molecule has 0 aliphatic rings. The Balaban J connectivity index is 1.96. The third kappa shape index (κ3) is 4.54. The first-order valence-electron chi connectivity index (χ1n) is 8.74. The molecule has 0 aliphatic carbocycles. The van der Waals surface area contributed by atoms with E-state index in [2.05, 4.69) is 4.90 Å². The molecule has 140 valence electrons. The molecule has 3 N–H and O–H groups in total. The standard InChI is InChI=1S/C21H22N2O4/c1-14-18(24)8-7-17-16(11-20(26)27-21(14)17)13-23(10-9-19(22)25)12-15-5-3-2-4-6-15/h2-8,11,24H,9-10,12-13H2,1H3,(H2,22,25). The molecule has 0 bridgehead atoms. The second kappa shape index (κ2) is 8.05. The molecule has 2 aromatic carbocycles. The number of hydrogen-bond donors (Lipinski definition) is 2. The van der Waals surface area contributed by atoms with E-state index in [9.17, 15) is 14.7 Å². The van der Waals surface area contributed by atoms with Gasteiger partial charge in [-0.3, -0.25) is 9.69 Å². The number of aryl methyl sites for hydroxylation is 1. The molecule has 1 amide bonds. The summed E-state index contributed by atoms with van der Waals surface area (Å²) in [7, 11) is 0. The second-order valence-electron chi connectivity index (χ2n) is 6.59. The van der Waals surface area contributed by atoms with Crippen LogP contribution in [0.4, 0.5) is 0 Å². The van der Waals surface area contributed by atoms with Gasteiger partial charge in [0.2, 0.25) is 5.91 Å². The van der Waals surface area contributed by atoms with Crippen LogP contribution in [0.25, 0.3) is 11.0 Å². The molecule has 27 heavy (non-hydrogen) atoms. The van der Waals surface area contributed by atoms with E-state index in [-0.39, 0.29) is 18.1 Å². The zero-order chi connectivity index (χ0) is 19.4. The van der Waals surface area contributed by atoms with Crippen LogP contribution < -0.4 is 11.4 Å². The molecule has 1 aromatic heterocycles. The van der Waals surface area contributed by atoms with Crippen LogP contribution in [0.2, 0.25) is 0 Å². The highest BCUT2D eigenvalue weighted by atomic mass is 16.4. The number of nitrogens with zero attached hydrogens (tertiary/aromatic N) is 1. The van der Waals surface area contributed by atoms with Crippen LogP contribution in [0.1, 0.15) is 23.1 Å². The van der Waals surface area contributed by atoms with E-state index < -0.39 is 5.63 Å². The van der Waals surface area contributed by atoms with Crippen molar-refractivity contribution in [2.45, 2.75) is 26.4 Å². The molecule has 0 aliphatic heterocycles. The number of phenolic OH excluding ortho intramolecular Hbond substituents is 1. The average molecular weight is 366 g/mol. The Morgan fingerprint density at radius 3 is 2.59 bits per heavy atom. The van der Waals surface area contributed by atoms with Gasteiger partial charge in [-0.25, -0.2) is 4.79 Å². The minimum atomic E-state index is -0.472. The Morgan fingerprint density at radius 1 is 1.15 bits per heavy atom. The summed E-state index contributed by atoms with van der Waals surface area (Å²) in [4.78, 5) is 25.4. The number of primary amides is 1. The van der Waals surface area contributed by atoms with Gasteiger partial charge >= 0.3 is 5.63 Å². The first-order valence-corrected chi connectivity index (χ1v) is 8.74. The number of phenols is 1. The van der Waals surface area contributed by atoms with Gasteiger partial charge in [-0.1, -0.05) is 30.3 Å². The molecule has 6 heteroatoms. The van der Waals surface area contributed by atoms with Crippen LogP contribution >= 0.6 is 0 Å². The summed E-state index contributed by atoms with van der Waals surface area (Å²) in [5, 5.41) is 10.7. The van der Waals surface area contributed by atoms with E-state index in [1.54, 1.807) is 19.1 Å². The monoisotopic (exact) mass is 366 g/mol. The fraction of sp³-hybridized carbons (Fsp3) is 0.238. The van der Waals surface area contributed by atoms with Crippen LogP contribution in [0, 0.1) is 6.92 Å². The van der Waals surface area contributed by atoms with Crippen molar-refractivity contribution in [2.75, 3.05) is 6.54 Å². The van der Waals surface area contributed by atoms with Gasteiger partial charge < -0.3 is 15.3 Å². The van der Waals surface area contributed by atoms with Gasteiger partial charge in [0.25, 0.3) is 0 Å². The molecule has 0 unspecified atom stereocenters. The highest BCUT2D eigenvalue weighted by molar-refractivity contribution is 5.84. The first kappa shape index (κ1) is 18.7. The summed E-state index contributed by atoms with van der Waals surface area (Å²) in [6, 6.07) is 14.7. The molecule has 0 fully saturated rings. The van der Waals surface area contributed by atoms with Crippen molar-refractivity contribution in [3.05, 3.63) is 75.6 Å². The van der Waals surface area contributed by atoms with Gasteiger partial charge in [0.05, 0.1) is 0 Å². The fourth-order valence-electron chi connectivity index (χ4n) is 3.11. The Labute approximate surface area is 156 Å². The number of nitrogens with two attached hydrogens (primary N) is 1. The van der Waals surface area contributed by atoms with Gasteiger partial charge in [-0.2, -0.15) is 0 Å². The lowest BCUT2D eigenvalue weighted by molar-refractivity contribution is -0.118.